The van der Waals surface area contributed by atoms with Crippen LogP contribution in [0, 0.1) is 11.8 Å². The molecule has 0 saturated carbocycles. The van der Waals surface area contributed by atoms with E-state index in [1.165, 1.54) is 6.42 Å². The van der Waals surface area contributed by atoms with Crippen molar-refractivity contribution in [2.45, 2.75) is 20.3 Å². The van der Waals surface area contributed by atoms with Crippen LogP contribution in [0.4, 0.5) is 0 Å². The van der Waals surface area contributed by atoms with Crippen molar-refractivity contribution in [3.63, 3.8) is 0 Å². The zero-order valence-corrected chi connectivity index (χ0v) is 13.2. The van der Waals surface area contributed by atoms with E-state index in [4.69, 9.17) is 16.4 Å². The molecule has 1 aromatic carbocycles. The summed E-state index contributed by atoms with van der Waals surface area (Å²) in [6.45, 7) is 5.97. The number of piperidine rings is 1. The number of hydrogen-bond acceptors (Lipinski definition) is 3. The summed E-state index contributed by atoms with van der Waals surface area (Å²) < 4.78 is 0. The lowest BCUT2D eigenvalue weighted by atomic mass is 9.92. The van der Waals surface area contributed by atoms with Gasteiger partial charge in [0.15, 0.2) is 6.61 Å². The molecule has 1 aliphatic rings. The van der Waals surface area contributed by atoms with E-state index in [-0.39, 0.29) is 12.5 Å². The van der Waals surface area contributed by atoms with Crippen molar-refractivity contribution in [2.24, 2.45) is 17.0 Å². The normalized spacial score (nSPS) is 22.5. The molecule has 0 spiro atoms. The maximum absolute atomic E-state index is 12.1. The van der Waals surface area contributed by atoms with E-state index in [0.717, 1.165) is 18.7 Å². The van der Waals surface area contributed by atoms with Crippen LogP contribution in [-0.4, -0.2) is 36.7 Å². The highest BCUT2D eigenvalue weighted by Gasteiger charge is 2.25. The Bertz CT molecular complexity index is 492. The Morgan fingerprint density at radius 3 is 2.57 bits per heavy atom. The number of halogens is 1. The molecule has 2 unspecified atom stereocenters. The van der Waals surface area contributed by atoms with Crippen LogP contribution >= 0.6 is 11.6 Å². The van der Waals surface area contributed by atoms with E-state index in [2.05, 4.69) is 19.0 Å². The highest BCUT2D eigenvalue weighted by molar-refractivity contribution is 6.30. The average molecular weight is 309 g/mol. The largest absolute Gasteiger partial charge is 0.386 e. The van der Waals surface area contributed by atoms with Crippen LogP contribution < -0.4 is 0 Å². The van der Waals surface area contributed by atoms with Crippen LogP contribution in [0.5, 0.6) is 0 Å². The maximum atomic E-state index is 12.1. The van der Waals surface area contributed by atoms with Crippen LogP contribution in [0.2, 0.25) is 5.02 Å². The number of amides is 1. The molecule has 4 nitrogen and oxygen atoms in total. The monoisotopic (exact) mass is 308 g/mol. The summed E-state index contributed by atoms with van der Waals surface area (Å²) in [5.74, 6) is 1.10. The lowest BCUT2D eigenvalue weighted by molar-refractivity contribution is -0.138. The molecule has 1 aromatic rings. The second kappa shape index (κ2) is 7.46. The molecular weight excluding hydrogens is 288 g/mol. The summed E-state index contributed by atoms with van der Waals surface area (Å²) in [6.07, 6.45) is 2.75. The number of hydrogen-bond donors (Lipinski definition) is 0. The van der Waals surface area contributed by atoms with Gasteiger partial charge in [0.1, 0.15) is 0 Å². The zero-order valence-electron chi connectivity index (χ0n) is 12.5. The minimum atomic E-state index is -0.0104. The van der Waals surface area contributed by atoms with Gasteiger partial charge in [-0.3, -0.25) is 4.79 Å². The van der Waals surface area contributed by atoms with Crippen molar-refractivity contribution in [1.82, 2.24) is 4.90 Å². The Hall–Kier alpha value is -1.55. The number of carbonyl (C=O) groups excluding carboxylic acids is 1. The van der Waals surface area contributed by atoms with Gasteiger partial charge in [0.05, 0.1) is 6.21 Å². The van der Waals surface area contributed by atoms with Gasteiger partial charge in [0, 0.05) is 18.1 Å². The highest BCUT2D eigenvalue weighted by Crippen LogP contribution is 2.20. The molecule has 2 rings (SSSR count). The molecule has 0 aromatic heterocycles. The van der Waals surface area contributed by atoms with Gasteiger partial charge >= 0.3 is 0 Å². The van der Waals surface area contributed by atoms with Gasteiger partial charge in [0.2, 0.25) is 0 Å². The molecule has 21 heavy (non-hydrogen) atoms. The molecule has 0 radical (unpaired) electrons. The quantitative estimate of drug-likeness (QED) is 0.633. The third-order valence-corrected chi connectivity index (χ3v) is 3.81. The SMILES string of the molecule is CC1CC(C)CN(C(=O)CO/N=C/c2ccc(Cl)cc2)C1. The highest BCUT2D eigenvalue weighted by atomic mass is 35.5. The van der Waals surface area contributed by atoms with Gasteiger partial charge in [-0.15, -0.1) is 0 Å². The second-order valence-electron chi connectivity index (χ2n) is 5.80. The van der Waals surface area contributed by atoms with E-state index < -0.39 is 0 Å². The molecule has 0 N–H and O–H groups in total. The van der Waals surface area contributed by atoms with E-state index in [0.29, 0.717) is 16.9 Å². The van der Waals surface area contributed by atoms with Crippen molar-refractivity contribution in [3.8, 4) is 0 Å². The summed E-state index contributed by atoms with van der Waals surface area (Å²) in [5, 5.41) is 4.51. The smallest absolute Gasteiger partial charge is 0.263 e. The number of rotatable bonds is 4. The molecule has 1 aliphatic heterocycles. The van der Waals surface area contributed by atoms with Gasteiger partial charge in [-0.05, 0) is 36.0 Å². The standard InChI is InChI=1S/C16H21ClN2O2/c1-12-7-13(2)10-19(9-12)16(20)11-21-18-8-14-3-5-15(17)6-4-14/h3-6,8,12-13H,7,9-11H2,1-2H3/b18-8+. The van der Waals surface area contributed by atoms with Crippen molar-refractivity contribution >= 4 is 23.7 Å². The minimum Gasteiger partial charge on any atom is -0.386 e. The number of carbonyl (C=O) groups is 1. The molecule has 1 saturated heterocycles. The Kier molecular flexibility index (Phi) is 5.62. The summed E-state index contributed by atoms with van der Waals surface area (Å²) in [5.41, 5.74) is 0.882. The Morgan fingerprint density at radius 2 is 1.95 bits per heavy atom. The molecule has 1 amide bonds. The fraction of sp³-hybridized carbons (Fsp3) is 0.500. The third-order valence-electron chi connectivity index (χ3n) is 3.56. The average Bonchev–Trinajstić information content (AvgIpc) is 2.44. The predicted octanol–water partition coefficient (Wildman–Crippen LogP) is 3.20. The fourth-order valence-corrected chi connectivity index (χ4v) is 2.82. The summed E-state index contributed by atoms with van der Waals surface area (Å²) in [4.78, 5) is 19.0. The molecule has 5 heteroatoms. The predicted molar refractivity (Wildman–Crippen MR) is 84.5 cm³/mol. The first-order valence-electron chi connectivity index (χ1n) is 7.23. The number of nitrogens with zero attached hydrogens (tertiary/aromatic N) is 2. The van der Waals surface area contributed by atoms with E-state index in [1.54, 1.807) is 18.3 Å². The molecule has 1 fully saturated rings. The first-order chi connectivity index (χ1) is 10.0. The molecule has 1 heterocycles. The van der Waals surface area contributed by atoms with Gasteiger partial charge in [-0.1, -0.05) is 42.7 Å². The van der Waals surface area contributed by atoms with Gasteiger partial charge in [-0.2, -0.15) is 0 Å². The maximum Gasteiger partial charge on any atom is 0.263 e. The molecule has 114 valence electrons. The summed E-state index contributed by atoms with van der Waals surface area (Å²) in [7, 11) is 0. The van der Waals surface area contributed by atoms with Crippen LogP contribution in [-0.2, 0) is 9.63 Å². The third kappa shape index (κ3) is 5.05. The zero-order chi connectivity index (χ0) is 15.2. The molecule has 0 aliphatic carbocycles. The summed E-state index contributed by atoms with van der Waals surface area (Å²) in [6, 6.07) is 7.24. The second-order valence-corrected chi connectivity index (χ2v) is 6.24. The Morgan fingerprint density at radius 1 is 1.33 bits per heavy atom. The Balaban J connectivity index is 1.77. The van der Waals surface area contributed by atoms with Gasteiger partial charge < -0.3 is 9.74 Å². The lowest BCUT2D eigenvalue weighted by Crippen LogP contribution is -2.44. The molecule has 2 atom stereocenters. The fourth-order valence-electron chi connectivity index (χ4n) is 2.70. The van der Waals surface area contributed by atoms with Crippen molar-refractivity contribution in [3.05, 3.63) is 34.9 Å². The first kappa shape index (κ1) is 15.8. The van der Waals surface area contributed by atoms with Crippen molar-refractivity contribution in [2.75, 3.05) is 19.7 Å². The first-order valence-corrected chi connectivity index (χ1v) is 7.61. The topological polar surface area (TPSA) is 41.9 Å². The lowest BCUT2D eigenvalue weighted by Gasteiger charge is -2.34. The van der Waals surface area contributed by atoms with Crippen LogP contribution in [0.3, 0.4) is 0 Å². The molecule has 0 bridgehead atoms. The Labute approximate surface area is 130 Å². The summed E-state index contributed by atoms with van der Waals surface area (Å²) >= 11 is 5.80. The van der Waals surface area contributed by atoms with Crippen LogP contribution in [0.1, 0.15) is 25.8 Å². The van der Waals surface area contributed by atoms with Crippen LogP contribution in [0.15, 0.2) is 29.4 Å². The number of benzene rings is 1. The molecular formula is C16H21ClN2O2. The van der Waals surface area contributed by atoms with Crippen molar-refractivity contribution < 1.29 is 9.63 Å². The minimum absolute atomic E-state index is 0.00153. The van der Waals surface area contributed by atoms with Gasteiger partial charge in [0.25, 0.3) is 5.91 Å². The van der Waals surface area contributed by atoms with E-state index in [9.17, 15) is 4.79 Å². The van der Waals surface area contributed by atoms with E-state index in [1.807, 2.05) is 17.0 Å². The number of oxime groups is 1. The van der Waals surface area contributed by atoms with Crippen LogP contribution in [0.25, 0.3) is 0 Å². The van der Waals surface area contributed by atoms with Crippen molar-refractivity contribution in [1.29, 1.82) is 0 Å². The van der Waals surface area contributed by atoms with Gasteiger partial charge in [-0.25, -0.2) is 0 Å². The van der Waals surface area contributed by atoms with E-state index >= 15 is 0 Å². The number of likely N-dealkylation sites (tertiary alicyclic amines) is 1.